The van der Waals surface area contributed by atoms with E-state index in [2.05, 4.69) is 5.32 Å². The highest BCUT2D eigenvalue weighted by molar-refractivity contribution is 7.10. The molecule has 1 aliphatic heterocycles. The molecular weight excluding hydrogens is 364 g/mol. The van der Waals surface area contributed by atoms with Gasteiger partial charge in [-0.1, -0.05) is 17.7 Å². The molecule has 0 unspecified atom stereocenters. The second kappa shape index (κ2) is 7.00. The van der Waals surface area contributed by atoms with Crippen LogP contribution in [0.5, 0.6) is 0 Å². The minimum absolute atomic E-state index is 0.0285. The van der Waals surface area contributed by atoms with E-state index in [9.17, 15) is 17.6 Å². The van der Waals surface area contributed by atoms with Crippen LogP contribution in [0.4, 0.5) is 17.6 Å². The quantitative estimate of drug-likeness (QED) is 0.788. The van der Waals surface area contributed by atoms with E-state index in [-0.39, 0.29) is 5.56 Å². The zero-order chi connectivity index (χ0) is 17.3. The molecule has 1 aromatic heterocycles. The van der Waals surface area contributed by atoms with Gasteiger partial charge in [0.15, 0.2) is 0 Å². The van der Waals surface area contributed by atoms with Gasteiger partial charge in [-0.15, -0.1) is 11.3 Å². The average molecular weight is 379 g/mol. The van der Waals surface area contributed by atoms with E-state index in [4.69, 9.17) is 11.6 Å². The summed E-state index contributed by atoms with van der Waals surface area (Å²) in [6.07, 6.45) is -4.57. The Morgan fingerprint density at radius 2 is 1.92 bits per heavy atom. The number of halogens is 5. The normalized spacial score (nSPS) is 17.9. The van der Waals surface area contributed by atoms with Crippen molar-refractivity contribution in [1.29, 1.82) is 0 Å². The number of benzene rings is 1. The van der Waals surface area contributed by atoms with Crippen molar-refractivity contribution in [1.82, 2.24) is 10.2 Å². The SMILES string of the molecule is Fc1c(Cl)cc(C(F)(F)F)cc1[C@@H](c1cccs1)N1CCNCC1. The predicted octanol–water partition coefficient (Wildman–Crippen LogP) is 4.55. The number of alkyl halides is 3. The molecule has 0 aliphatic carbocycles. The highest BCUT2D eigenvalue weighted by Gasteiger charge is 2.35. The average Bonchev–Trinajstić information content (AvgIpc) is 3.05. The molecule has 0 saturated carbocycles. The Hall–Kier alpha value is -1.15. The zero-order valence-corrected chi connectivity index (χ0v) is 14.1. The summed E-state index contributed by atoms with van der Waals surface area (Å²) in [6.45, 7) is 2.65. The van der Waals surface area contributed by atoms with Gasteiger partial charge in [0.05, 0.1) is 16.6 Å². The lowest BCUT2D eigenvalue weighted by molar-refractivity contribution is -0.137. The van der Waals surface area contributed by atoms with Gasteiger partial charge in [0.25, 0.3) is 0 Å². The first kappa shape index (κ1) is 17.7. The molecule has 2 heterocycles. The van der Waals surface area contributed by atoms with Crippen LogP contribution >= 0.6 is 22.9 Å². The zero-order valence-electron chi connectivity index (χ0n) is 12.5. The van der Waals surface area contributed by atoms with Gasteiger partial charge in [-0.2, -0.15) is 13.2 Å². The first-order valence-electron chi connectivity index (χ1n) is 7.42. The summed E-state index contributed by atoms with van der Waals surface area (Å²) >= 11 is 7.16. The van der Waals surface area contributed by atoms with E-state index in [0.29, 0.717) is 32.2 Å². The van der Waals surface area contributed by atoms with E-state index in [1.165, 1.54) is 11.3 Å². The number of rotatable bonds is 3. The van der Waals surface area contributed by atoms with Crippen LogP contribution in [-0.2, 0) is 6.18 Å². The van der Waals surface area contributed by atoms with Gasteiger partial charge in [-0.05, 0) is 23.6 Å². The van der Waals surface area contributed by atoms with E-state index in [0.717, 1.165) is 10.9 Å². The van der Waals surface area contributed by atoms with Crippen molar-refractivity contribution < 1.29 is 17.6 Å². The number of thiophene rings is 1. The van der Waals surface area contributed by atoms with Crippen molar-refractivity contribution in [3.8, 4) is 0 Å². The molecule has 2 nitrogen and oxygen atoms in total. The largest absolute Gasteiger partial charge is 0.416 e. The summed E-state index contributed by atoms with van der Waals surface area (Å²) in [6, 6.07) is 4.57. The lowest BCUT2D eigenvalue weighted by atomic mass is 9.99. The molecule has 1 N–H and O–H groups in total. The van der Waals surface area contributed by atoms with Crippen LogP contribution in [0.1, 0.15) is 22.0 Å². The van der Waals surface area contributed by atoms with Crippen LogP contribution < -0.4 is 5.32 Å². The van der Waals surface area contributed by atoms with Gasteiger partial charge < -0.3 is 5.32 Å². The number of hydrogen-bond donors (Lipinski definition) is 1. The highest BCUT2D eigenvalue weighted by Crippen LogP contribution is 2.39. The fourth-order valence-electron chi connectivity index (χ4n) is 2.89. The van der Waals surface area contributed by atoms with Gasteiger partial charge in [-0.3, -0.25) is 4.90 Å². The maximum Gasteiger partial charge on any atom is 0.416 e. The smallest absolute Gasteiger partial charge is 0.314 e. The fraction of sp³-hybridized carbons (Fsp3) is 0.375. The van der Waals surface area contributed by atoms with Crippen LogP contribution in [0.25, 0.3) is 0 Å². The van der Waals surface area contributed by atoms with E-state index in [1.807, 2.05) is 22.4 Å². The van der Waals surface area contributed by atoms with Gasteiger partial charge in [0.1, 0.15) is 5.82 Å². The van der Waals surface area contributed by atoms with E-state index >= 15 is 0 Å². The van der Waals surface area contributed by atoms with Crippen molar-refractivity contribution in [2.24, 2.45) is 0 Å². The minimum atomic E-state index is -4.57. The predicted molar refractivity (Wildman–Crippen MR) is 87.0 cm³/mol. The molecule has 0 spiro atoms. The number of piperazine rings is 1. The lowest BCUT2D eigenvalue weighted by Crippen LogP contribution is -2.45. The summed E-state index contributed by atoms with van der Waals surface area (Å²) in [4.78, 5) is 2.78. The molecule has 0 amide bonds. The lowest BCUT2D eigenvalue weighted by Gasteiger charge is -2.35. The van der Waals surface area contributed by atoms with Gasteiger partial charge in [0, 0.05) is 36.6 Å². The summed E-state index contributed by atoms with van der Waals surface area (Å²) < 4.78 is 54.0. The first-order chi connectivity index (χ1) is 11.4. The Kier molecular flexibility index (Phi) is 5.15. The summed E-state index contributed by atoms with van der Waals surface area (Å²) in [5.41, 5.74) is -0.959. The molecule has 2 aromatic rings. The van der Waals surface area contributed by atoms with Gasteiger partial charge >= 0.3 is 6.18 Å². The molecule has 1 saturated heterocycles. The molecule has 1 aromatic carbocycles. The molecule has 3 rings (SSSR count). The number of nitrogens with zero attached hydrogens (tertiary/aromatic N) is 1. The Labute approximate surface area is 146 Å². The molecular formula is C16H15ClF4N2S. The first-order valence-corrected chi connectivity index (χ1v) is 8.68. The molecule has 1 atom stereocenters. The van der Waals surface area contributed by atoms with Gasteiger partial charge in [0.2, 0.25) is 0 Å². The minimum Gasteiger partial charge on any atom is -0.314 e. The van der Waals surface area contributed by atoms with Crippen molar-refractivity contribution in [3.63, 3.8) is 0 Å². The van der Waals surface area contributed by atoms with Crippen molar-refractivity contribution >= 4 is 22.9 Å². The Balaban J connectivity index is 2.12. The maximum absolute atomic E-state index is 14.6. The van der Waals surface area contributed by atoms with Crippen LogP contribution in [0.3, 0.4) is 0 Å². The van der Waals surface area contributed by atoms with E-state index in [1.54, 1.807) is 0 Å². The maximum atomic E-state index is 14.6. The highest BCUT2D eigenvalue weighted by atomic mass is 35.5. The van der Waals surface area contributed by atoms with Crippen molar-refractivity contribution in [2.75, 3.05) is 26.2 Å². The third-order valence-electron chi connectivity index (χ3n) is 4.01. The monoisotopic (exact) mass is 378 g/mol. The fourth-order valence-corrected chi connectivity index (χ4v) is 3.99. The van der Waals surface area contributed by atoms with Crippen LogP contribution in [-0.4, -0.2) is 31.1 Å². The van der Waals surface area contributed by atoms with Gasteiger partial charge in [-0.25, -0.2) is 4.39 Å². The summed E-state index contributed by atoms with van der Waals surface area (Å²) in [5.74, 6) is -0.790. The topological polar surface area (TPSA) is 15.3 Å². The summed E-state index contributed by atoms with van der Waals surface area (Å²) in [7, 11) is 0. The molecule has 1 aliphatic rings. The van der Waals surface area contributed by atoms with E-state index < -0.39 is 28.6 Å². The number of nitrogens with one attached hydrogen (secondary N) is 1. The Bertz CT molecular complexity index is 697. The molecule has 130 valence electrons. The summed E-state index contributed by atoms with van der Waals surface area (Å²) in [5, 5.41) is 4.52. The molecule has 1 fully saturated rings. The third-order valence-corrected chi connectivity index (χ3v) is 5.21. The number of hydrogen-bond acceptors (Lipinski definition) is 3. The van der Waals surface area contributed by atoms with Crippen LogP contribution in [0, 0.1) is 5.82 Å². The Morgan fingerprint density at radius 1 is 1.21 bits per heavy atom. The molecule has 24 heavy (non-hydrogen) atoms. The van der Waals surface area contributed by atoms with Crippen molar-refractivity contribution in [2.45, 2.75) is 12.2 Å². The van der Waals surface area contributed by atoms with Crippen LogP contribution in [0.15, 0.2) is 29.6 Å². The molecule has 8 heteroatoms. The molecule has 0 bridgehead atoms. The van der Waals surface area contributed by atoms with Crippen molar-refractivity contribution in [3.05, 3.63) is 56.5 Å². The second-order valence-electron chi connectivity index (χ2n) is 5.56. The second-order valence-corrected chi connectivity index (χ2v) is 6.95. The van der Waals surface area contributed by atoms with Crippen LogP contribution in [0.2, 0.25) is 5.02 Å². The molecule has 0 radical (unpaired) electrons. The standard InChI is InChI=1S/C16H15ClF4N2S/c17-12-9-10(16(19,20)21)8-11(14(12)18)15(13-2-1-7-24-13)23-5-3-22-4-6-23/h1-2,7-9,15,22H,3-6H2/t15-/m0/s1. The third kappa shape index (κ3) is 3.59. The Morgan fingerprint density at radius 3 is 2.50 bits per heavy atom.